The maximum absolute atomic E-state index is 12.1. The third kappa shape index (κ3) is 6.79. The monoisotopic (exact) mass is 475 g/mol. The number of anilines is 1. The molecule has 0 fully saturated rings. The lowest BCUT2D eigenvalue weighted by molar-refractivity contribution is -0.384. The molecule has 0 atom stereocenters. The first-order chi connectivity index (χ1) is 16.7. The Hall–Kier alpha value is -5.39. The lowest BCUT2D eigenvalue weighted by Crippen LogP contribution is -2.32. The van der Waals surface area contributed by atoms with Crippen molar-refractivity contribution in [3.63, 3.8) is 0 Å². The van der Waals surface area contributed by atoms with Gasteiger partial charge in [-0.25, -0.2) is 10.2 Å². The molecule has 3 aromatic carbocycles. The van der Waals surface area contributed by atoms with E-state index in [2.05, 4.69) is 15.8 Å². The van der Waals surface area contributed by atoms with E-state index in [1.807, 2.05) is 0 Å². The number of nitro benzene ring substituents is 1. The highest BCUT2D eigenvalue weighted by atomic mass is 16.6. The number of carbonyl (C=O) groups excluding carboxylic acids is 4. The van der Waals surface area contributed by atoms with Crippen molar-refractivity contribution < 1.29 is 28.8 Å². The van der Waals surface area contributed by atoms with Crippen molar-refractivity contribution in [2.75, 3.05) is 5.32 Å². The fourth-order valence-electron chi connectivity index (χ4n) is 2.63. The predicted molar refractivity (Wildman–Crippen MR) is 124 cm³/mol. The lowest BCUT2D eigenvalue weighted by atomic mass is 10.2. The topological polar surface area (TPSA) is 183 Å². The molecule has 35 heavy (non-hydrogen) atoms. The van der Waals surface area contributed by atoms with E-state index in [0.717, 1.165) is 0 Å². The Kier molecular flexibility index (Phi) is 7.60. The minimum absolute atomic E-state index is 0.144. The molecule has 0 bridgehead atoms. The van der Waals surface area contributed by atoms with E-state index >= 15 is 0 Å². The molecule has 4 N–H and O–H groups in total. The predicted octanol–water partition coefficient (Wildman–Crippen LogP) is 2.00. The van der Waals surface area contributed by atoms with E-state index in [1.54, 1.807) is 12.1 Å². The average molecular weight is 475 g/mol. The molecule has 0 aliphatic carbocycles. The van der Waals surface area contributed by atoms with Crippen molar-refractivity contribution in [2.24, 2.45) is 10.8 Å². The summed E-state index contributed by atoms with van der Waals surface area (Å²) in [6, 6.07) is 16.7. The smallest absolute Gasteiger partial charge is 0.343 e. The fourth-order valence-corrected chi connectivity index (χ4v) is 2.63. The van der Waals surface area contributed by atoms with Gasteiger partial charge in [0.25, 0.3) is 5.69 Å². The number of ether oxygens (including phenoxy) is 1. The second-order valence-corrected chi connectivity index (χ2v) is 6.86. The highest BCUT2D eigenvalue weighted by Crippen LogP contribution is 2.16. The number of non-ortho nitro benzene ring substituents is 1. The number of hydrogen-bond acceptors (Lipinski definition) is 8. The zero-order chi connectivity index (χ0) is 25.4. The molecule has 0 aromatic heterocycles. The van der Waals surface area contributed by atoms with Gasteiger partial charge >= 0.3 is 17.8 Å². The number of nitrogens with two attached hydrogens (primary N) is 1. The van der Waals surface area contributed by atoms with Crippen molar-refractivity contribution in [2.45, 2.75) is 0 Å². The van der Waals surface area contributed by atoms with Crippen molar-refractivity contribution in [3.8, 4) is 5.75 Å². The number of nitrogens with one attached hydrogen (secondary N) is 2. The maximum Gasteiger partial charge on any atom is 0.343 e. The summed E-state index contributed by atoms with van der Waals surface area (Å²) in [5.41, 5.74) is 8.28. The van der Waals surface area contributed by atoms with Crippen LogP contribution in [-0.4, -0.2) is 34.8 Å². The third-order valence-corrected chi connectivity index (χ3v) is 4.42. The Morgan fingerprint density at radius 2 is 1.46 bits per heavy atom. The number of hydrogen-bond donors (Lipinski definition) is 3. The van der Waals surface area contributed by atoms with Gasteiger partial charge in [-0.1, -0.05) is 0 Å². The van der Waals surface area contributed by atoms with Gasteiger partial charge in [0, 0.05) is 23.4 Å². The molecule has 0 saturated carbocycles. The molecule has 0 spiro atoms. The largest absolute Gasteiger partial charge is 0.423 e. The van der Waals surface area contributed by atoms with E-state index in [-0.39, 0.29) is 28.3 Å². The zero-order valence-corrected chi connectivity index (χ0v) is 17.8. The summed E-state index contributed by atoms with van der Waals surface area (Å²) in [7, 11) is 0. The first-order valence-electron chi connectivity index (χ1n) is 9.84. The van der Waals surface area contributed by atoms with Crippen molar-refractivity contribution in [1.29, 1.82) is 0 Å². The Labute approximate surface area is 197 Å². The van der Waals surface area contributed by atoms with Gasteiger partial charge in [0.1, 0.15) is 5.75 Å². The third-order valence-electron chi connectivity index (χ3n) is 4.42. The van der Waals surface area contributed by atoms with Gasteiger partial charge in [-0.05, 0) is 66.2 Å². The summed E-state index contributed by atoms with van der Waals surface area (Å²) >= 11 is 0. The SMILES string of the molecule is NC(=O)c1ccc(NC(=O)C(=O)N/N=C/c2ccc(OC(=O)c3ccc([N+](=O)[O-])cc3)cc2)cc1. The number of benzene rings is 3. The van der Waals surface area contributed by atoms with Gasteiger partial charge in [0.15, 0.2) is 0 Å². The Morgan fingerprint density at radius 1 is 0.857 bits per heavy atom. The number of rotatable bonds is 7. The van der Waals surface area contributed by atoms with Crippen LogP contribution in [0.5, 0.6) is 5.75 Å². The number of esters is 1. The number of nitrogens with zero attached hydrogens (tertiary/aromatic N) is 2. The normalized spacial score (nSPS) is 10.4. The second-order valence-electron chi connectivity index (χ2n) is 6.86. The molecule has 176 valence electrons. The molecule has 12 heteroatoms. The molecule has 3 rings (SSSR count). The van der Waals surface area contributed by atoms with Crippen molar-refractivity contribution in [3.05, 3.63) is 99.6 Å². The van der Waals surface area contributed by atoms with Gasteiger partial charge in [-0.3, -0.25) is 24.5 Å². The molecule has 3 amide bonds. The Balaban J connectivity index is 1.50. The maximum atomic E-state index is 12.1. The van der Waals surface area contributed by atoms with Crippen LogP contribution in [0.3, 0.4) is 0 Å². The van der Waals surface area contributed by atoms with E-state index in [9.17, 15) is 29.3 Å². The zero-order valence-electron chi connectivity index (χ0n) is 17.8. The van der Waals surface area contributed by atoms with Crippen LogP contribution in [0.15, 0.2) is 77.9 Å². The van der Waals surface area contributed by atoms with Crippen LogP contribution >= 0.6 is 0 Å². The molecule has 0 heterocycles. The van der Waals surface area contributed by atoms with Gasteiger partial charge in [-0.15, -0.1) is 0 Å². The second kappa shape index (κ2) is 11.0. The molecule has 12 nitrogen and oxygen atoms in total. The van der Waals surface area contributed by atoms with Crippen LogP contribution in [0.1, 0.15) is 26.3 Å². The average Bonchev–Trinajstić information content (AvgIpc) is 2.85. The van der Waals surface area contributed by atoms with Crippen LogP contribution in [-0.2, 0) is 9.59 Å². The van der Waals surface area contributed by atoms with Crippen LogP contribution in [0.4, 0.5) is 11.4 Å². The van der Waals surface area contributed by atoms with E-state index in [1.165, 1.54) is 66.9 Å². The highest BCUT2D eigenvalue weighted by Gasteiger charge is 2.14. The first-order valence-corrected chi connectivity index (χ1v) is 9.84. The van der Waals surface area contributed by atoms with Crippen LogP contribution < -0.4 is 21.2 Å². The number of carbonyl (C=O) groups is 4. The summed E-state index contributed by atoms with van der Waals surface area (Å²) in [4.78, 5) is 57.1. The summed E-state index contributed by atoms with van der Waals surface area (Å²) < 4.78 is 5.21. The molecule has 0 unspecified atom stereocenters. The van der Waals surface area contributed by atoms with Crippen LogP contribution in [0.2, 0.25) is 0 Å². The number of primary amides is 1. The fraction of sp³-hybridized carbons (Fsp3) is 0. The van der Waals surface area contributed by atoms with E-state index < -0.39 is 28.6 Å². The molecule has 0 saturated heterocycles. The molecule has 0 radical (unpaired) electrons. The number of hydrazone groups is 1. The Morgan fingerprint density at radius 3 is 2.03 bits per heavy atom. The quantitative estimate of drug-likeness (QED) is 0.116. The van der Waals surface area contributed by atoms with Gasteiger partial charge in [0.05, 0.1) is 16.7 Å². The lowest BCUT2D eigenvalue weighted by Gasteiger charge is -2.05. The summed E-state index contributed by atoms with van der Waals surface area (Å²) in [6.07, 6.45) is 1.27. The van der Waals surface area contributed by atoms with Crippen LogP contribution in [0, 0.1) is 10.1 Å². The van der Waals surface area contributed by atoms with Gasteiger partial charge in [0.2, 0.25) is 5.91 Å². The standard InChI is InChI=1S/C23H17N5O7/c24-20(29)15-3-7-17(8-4-15)26-21(30)22(31)27-25-13-14-1-11-19(12-2-14)35-23(32)16-5-9-18(10-6-16)28(33)34/h1-13H,(H2,24,29)(H,26,30)(H,27,31)/b25-13+. The van der Waals surface area contributed by atoms with Gasteiger partial charge in [-0.2, -0.15) is 5.10 Å². The van der Waals surface area contributed by atoms with Crippen molar-refractivity contribution in [1.82, 2.24) is 5.43 Å². The minimum Gasteiger partial charge on any atom is -0.423 e. The van der Waals surface area contributed by atoms with Crippen LogP contribution in [0.25, 0.3) is 0 Å². The first kappa shape index (κ1) is 24.3. The Bertz CT molecular complexity index is 1300. The highest BCUT2D eigenvalue weighted by molar-refractivity contribution is 6.39. The van der Waals surface area contributed by atoms with Gasteiger partial charge < -0.3 is 15.8 Å². The molecular weight excluding hydrogens is 458 g/mol. The van der Waals surface area contributed by atoms with E-state index in [4.69, 9.17) is 10.5 Å². The molecule has 0 aliphatic rings. The van der Waals surface area contributed by atoms with Crippen molar-refractivity contribution >= 4 is 41.3 Å². The number of amides is 3. The summed E-state index contributed by atoms with van der Waals surface area (Å²) in [5, 5.41) is 16.7. The molecular formula is C23H17N5O7. The minimum atomic E-state index is -1.02. The number of nitro groups is 1. The molecule has 0 aliphatic heterocycles. The molecule has 3 aromatic rings. The summed E-state index contributed by atoms with van der Waals surface area (Å²) in [5.74, 6) is -3.08. The van der Waals surface area contributed by atoms with E-state index in [0.29, 0.717) is 5.56 Å². The summed E-state index contributed by atoms with van der Waals surface area (Å²) in [6.45, 7) is 0.